The number of carboxylic acids is 1. The summed E-state index contributed by atoms with van der Waals surface area (Å²) in [5.41, 5.74) is 5.26. The molecule has 1 rings (SSSR count). The summed E-state index contributed by atoms with van der Waals surface area (Å²) in [6.45, 7) is 0.295. The molecular weight excluding hydrogens is 189 g/mol. The summed E-state index contributed by atoms with van der Waals surface area (Å²) in [4.78, 5) is 10.6. The fraction of sp³-hybridized carbons (Fsp3) is 0.222. The summed E-state index contributed by atoms with van der Waals surface area (Å²) < 4.78 is 13.0. The average Bonchev–Trinajstić information content (AvgIpc) is 2.11. The number of halogens is 1. The van der Waals surface area contributed by atoms with Gasteiger partial charge in [-0.1, -0.05) is 0 Å². The van der Waals surface area contributed by atoms with Crippen LogP contribution in [-0.2, 0) is 6.42 Å². The van der Waals surface area contributed by atoms with Crippen molar-refractivity contribution in [2.75, 3.05) is 6.54 Å². The second kappa shape index (κ2) is 4.06. The second-order valence-corrected chi connectivity index (χ2v) is 2.82. The lowest BCUT2D eigenvalue weighted by Gasteiger charge is -2.04. The van der Waals surface area contributed by atoms with Crippen molar-refractivity contribution in [3.8, 4) is 5.75 Å². The molecular formula is C9H10FNO3. The zero-order valence-corrected chi connectivity index (χ0v) is 7.33. The maximum atomic E-state index is 13.0. The molecule has 0 aromatic heterocycles. The van der Waals surface area contributed by atoms with Gasteiger partial charge in [-0.25, -0.2) is 9.18 Å². The van der Waals surface area contributed by atoms with E-state index in [-0.39, 0.29) is 0 Å². The van der Waals surface area contributed by atoms with Gasteiger partial charge in [-0.15, -0.1) is 0 Å². The van der Waals surface area contributed by atoms with Crippen LogP contribution in [0.5, 0.6) is 5.75 Å². The van der Waals surface area contributed by atoms with Crippen LogP contribution in [0.25, 0.3) is 0 Å². The standard InChI is InChI=1S/C9H10FNO3/c10-7-4-5(1-2-11)3-6(8(7)12)9(13)14/h3-4,12H,1-2,11H2,(H,13,14). The van der Waals surface area contributed by atoms with E-state index in [9.17, 15) is 9.18 Å². The van der Waals surface area contributed by atoms with E-state index < -0.39 is 23.1 Å². The first kappa shape index (κ1) is 10.5. The van der Waals surface area contributed by atoms with Crippen molar-refractivity contribution in [2.45, 2.75) is 6.42 Å². The van der Waals surface area contributed by atoms with Gasteiger partial charge in [0.2, 0.25) is 0 Å². The number of hydrogen-bond donors (Lipinski definition) is 3. The van der Waals surface area contributed by atoms with Gasteiger partial charge in [-0.05, 0) is 30.7 Å². The summed E-state index contributed by atoms with van der Waals surface area (Å²) in [5, 5.41) is 17.7. The van der Waals surface area contributed by atoms with Gasteiger partial charge in [0.1, 0.15) is 5.56 Å². The van der Waals surface area contributed by atoms with Crippen molar-refractivity contribution in [3.05, 3.63) is 29.1 Å². The number of phenols is 1. The fourth-order valence-electron chi connectivity index (χ4n) is 1.13. The third kappa shape index (κ3) is 2.00. The highest BCUT2D eigenvalue weighted by atomic mass is 19.1. The summed E-state index contributed by atoms with van der Waals surface area (Å²) >= 11 is 0. The number of benzene rings is 1. The van der Waals surface area contributed by atoms with E-state index in [1.165, 1.54) is 6.07 Å². The molecule has 1 aromatic rings. The minimum atomic E-state index is -1.36. The number of rotatable bonds is 3. The number of carboxylic acid groups (broad SMARTS) is 1. The van der Waals surface area contributed by atoms with Crippen LogP contribution in [0, 0.1) is 5.82 Å². The monoisotopic (exact) mass is 199 g/mol. The van der Waals surface area contributed by atoms with Crippen molar-refractivity contribution in [1.82, 2.24) is 0 Å². The molecule has 0 bridgehead atoms. The topological polar surface area (TPSA) is 83.5 Å². The van der Waals surface area contributed by atoms with Crippen LogP contribution < -0.4 is 5.73 Å². The molecule has 0 spiro atoms. The van der Waals surface area contributed by atoms with Gasteiger partial charge in [-0.3, -0.25) is 0 Å². The molecule has 4 N–H and O–H groups in total. The maximum absolute atomic E-state index is 13.0. The largest absolute Gasteiger partial charge is 0.504 e. The van der Waals surface area contributed by atoms with Gasteiger partial charge in [0.25, 0.3) is 0 Å². The molecule has 0 aliphatic heterocycles. The molecule has 14 heavy (non-hydrogen) atoms. The Morgan fingerprint density at radius 1 is 1.50 bits per heavy atom. The first-order chi connectivity index (χ1) is 6.56. The van der Waals surface area contributed by atoms with Crippen molar-refractivity contribution in [2.24, 2.45) is 5.73 Å². The minimum Gasteiger partial charge on any atom is -0.504 e. The van der Waals surface area contributed by atoms with Crippen molar-refractivity contribution < 1.29 is 19.4 Å². The Hall–Kier alpha value is -1.62. The molecule has 0 amide bonds. The van der Waals surface area contributed by atoms with Gasteiger partial charge in [-0.2, -0.15) is 0 Å². The number of nitrogens with two attached hydrogens (primary N) is 1. The molecule has 0 radical (unpaired) electrons. The first-order valence-corrected chi connectivity index (χ1v) is 4.01. The third-order valence-corrected chi connectivity index (χ3v) is 1.79. The summed E-state index contributed by atoms with van der Waals surface area (Å²) in [6, 6.07) is 2.29. The lowest BCUT2D eigenvalue weighted by atomic mass is 10.1. The molecule has 0 saturated carbocycles. The van der Waals surface area contributed by atoms with E-state index in [0.717, 1.165) is 6.07 Å². The third-order valence-electron chi connectivity index (χ3n) is 1.79. The Bertz CT molecular complexity index is 365. The highest BCUT2D eigenvalue weighted by molar-refractivity contribution is 5.91. The van der Waals surface area contributed by atoms with Crippen molar-refractivity contribution >= 4 is 5.97 Å². The van der Waals surface area contributed by atoms with E-state index in [1.807, 2.05) is 0 Å². The zero-order chi connectivity index (χ0) is 10.7. The second-order valence-electron chi connectivity index (χ2n) is 2.82. The van der Waals surface area contributed by atoms with Gasteiger partial charge >= 0.3 is 5.97 Å². The number of carbonyl (C=O) groups is 1. The van der Waals surface area contributed by atoms with Crippen molar-refractivity contribution in [3.63, 3.8) is 0 Å². The number of aromatic carboxylic acids is 1. The Kier molecular flexibility index (Phi) is 3.03. The quantitative estimate of drug-likeness (QED) is 0.670. The molecule has 0 fully saturated rings. The SMILES string of the molecule is NCCc1cc(F)c(O)c(C(=O)O)c1. The summed E-state index contributed by atoms with van der Waals surface area (Å²) in [5.74, 6) is -3.13. The number of aromatic hydroxyl groups is 1. The molecule has 0 aliphatic rings. The van der Waals surface area contributed by atoms with Gasteiger partial charge < -0.3 is 15.9 Å². The molecule has 0 atom stereocenters. The molecule has 0 saturated heterocycles. The Morgan fingerprint density at radius 3 is 2.64 bits per heavy atom. The first-order valence-electron chi connectivity index (χ1n) is 4.01. The highest BCUT2D eigenvalue weighted by Crippen LogP contribution is 2.23. The van der Waals surface area contributed by atoms with Crippen LogP contribution in [0.15, 0.2) is 12.1 Å². The van der Waals surface area contributed by atoms with Crippen LogP contribution in [0.4, 0.5) is 4.39 Å². The minimum absolute atomic E-state index is 0.295. The van der Waals surface area contributed by atoms with Crippen LogP contribution in [0.3, 0.4) is 0 Å². The van der Waals surface area contributed by atoms with Gasteiger partial charge in [0.05, 0.1) is 0 Å². The molecule has 76 valence electrons. The maximum Gasteiger partial charge on any atom is 0.339 e. The van der Waals surface area contributed by atoms with E-state index >= 15 is 0 Å². The lowest BCUT2D eigenvalue weighted by Crippen LogP contribution is -2.05. The normalized spacial score (nSPS) is 10.1. The molecule has 0 heterocycles. The number of hydrogen-bond acceptors (Lipinski definition) is 3. The molecule has 0 aliphatic carbocycles. The van der Waals surface area contributed by atoms with Gasteiger partial charge in [0.15, 0.2) is 11.6 Å². The van der Waals surface area contributed by atoms with Crippen LogP contribution in [-0.4, -0.2) is 22.7 Å². The van der Waals surface area contributed by atoms with E-state index in [0.29, 0.717) is 18.5 Å². The summed E-state index contributed by atoms with van der Waals surface area (Å²) in [7, 11) is 0. The predicted molar refractivity (Wildman–Crippen MR) is 47.8 cm³/mol. The van der Waals surface area contributed by atoms with Crippen LogP contribution in [0.2, 0.25) is 0 Å². The lowest BCUT2D eigenvalue weighted by molar-refractivity contribution is 0.0692. The van der Waals surface area contributed by atoms with Crippen molar-refractivity contribution in [1.29, 1.82) is 0 Å². The summed E-state index contributed by atoms with van der Waals surface area (Å²) in [6.07, 6.45) is 0.372. The average molecular weight is 199 g/mol. The zero-order valence-electron chi connectivity index (χ0n) is 7.33. The molecule has 4 nitrogen and oxygen atoms in total. The Morgan fingerprint density at radius 2 is 2.14 bits per heavy atom. The Balaban J connectivity index is 3.21. The highest BCUT2D eigenvalue weighted by Gasteiger charge is 2.14. The fourth-order valence-corrected chi connectivity index (χ4v) is 1.13. The van der Waals surface area contributed by atoms with Gasteiger partial charge in [0, 0.05) is 0 Å². The molecule has 5 heteroatoms. The predicted octanol–water partition coefficient (Wildman–Crippen LogP) is 0.731. The van der Waals surface area contributed by atoms with Crippen LogP contribution >= 0.6 is 0 Å². The van der Waals surface area contributed by atoms with E-state index in [4.69, 9.17) is 15.9 Å². The van der Waals surface area contributed by atoms with Crippen LogP contribution in [0.1, 0.15) is 15.9 Å². The van der Waals surface area contributed by atoms with E-state index in [2.05, 4.69) is 0 Å². The molecule has 0 unspecified atom stereocenters. The molecule has 1 aromatic carbocycles. The smallest absolute Gasteiger partial charge is 0.339 e. The Labute approximate surface area is 79.8 Å². The van der Waals surface area contributed by atoms with E-state index in [1.54, 1.807) is 0 Å².